The van der Waals surface area contributed by atoms with Gasteiger partial charge in [0.05, 0.1) is 0 Å². The Labute approximate surface area is 89.3 Å². The third-order valence-corrected chi connectivity index (χ3v) is 2.05. The van der Waals surface area contributed by atoms with Crippen LogP contribution in [0.15, 0.2) is 16.5 Å². The maximum Gasteiger partial charge on any atom is 0.220 e. The van der Waals surface area contributed by atoms with E-state index in [1.807, 2.05) is 19.1 Å². The fourth-order valence-corrected chi connectivity index (χ4v) is 1.25. The van der Waals surface area contributed by atoms with Crippen LogP contribution in [0.5, 0.6) is 0 Å². The summed E-state index contributed by atoms with van der Waals surface area (Å²) in [5, 5.41) is 11.2. The summed E-state index contributed by atoms with van der Waals surface area (Å²) in [6, 6.07) is 3.77. The minimum atomic E-state index is -0.00231. The first kappa shape index (κ1) is 11.8. The van der Waals surface area contributed by atoms with Crippen LogP contribution >= 0.6 is 0 Å². The Morgan fingerprint density at radius 2 is 2.33 bits per heavy atom. The summed E-state index contributed by atoms with van der Waals surface area (Å²) in [7, 11) is 0. The van der Waals surface area contributed by atoms with Crippen molar-refractivity contribution in [1.82, 2.24) is 5.32 Å². The molecule has 0 spiro atoms. The second-order valence-electron chi connectivity index (χ2n) is 3.44. The molecule has 1 heterocycles. The molecule has 0 saturated carbocycles. The monoisotopic (exact) mass is 211 g/mol. The molecule has 0 aliphatic carbocycles. The van der Waals surface area contributed by atoms with Gasteiger partial charge in [-0.15, -0.1) is 0 Å². The van der Waals surface area contributed by atoms with E-state index in [2.05, 4.69) is 5.32 Å². The molecule has 1 aromatic rings. The molecule has 15 heavy (non-hydrogen) atoms. The van der Waals surface area contributed by atoms with Crippen molar-refractivity contribution in [3.8, 4) is 0 Å². The van der Waals surface area contributed by atoms with Gasteiger partial charge in [0.25, 0.3) is 0 Å². The lowest BCUT2D eigenvalue weighted by atomic mass is 10.2. The van der Waals surface area contributed by atoms with E-state index in [1.165, 1.54) is 0 Å². The van der Waals surface area contributed by atoms with Crippen molar-refractivity contribution in [2.45, 2.75) is 26.2 Å². The first-order valence-electron chi connectivity index (χ1n) is 5.15. The molecule has 4 heteroatoms. The molecule has 0 unspecified atom stereocenters. The Hall–Kier alpha value is -1.29. The van der Waals surface area contributed by atoms with Crippen LogP contribution in [0.3, 0.4) is 0 Å². The van der Waals surface area contributed by atoms with Gasteiger partial charge in [0.15, 0.2) is 0 Å². The number of amides is 1. The average Bonchev–Trinajstić information content (AvgIpc) is 2.62. The fraction of sp³-hybridized carbons (Fsp3) is 0.545. The van der Waals surface area contributed by atoms with Crippen LogP contribution in [0.1, 0.15) is 24.4 Å². The van der Waals surface area contributed by atoms with Crippen molar-refractivity contribution in [3.05, 3.63) is 23.7 Å². The number of furan rings is 1. The highest BCUT2D eigenvalue weighted by molar-refractivity contribution is 5.75. The largest absolute Gasteiger partial charge is 0.466 e. The molecule has 0 atom stereocenters. The lowest BCUT2D eigenvalue weighted by Gasteiger charge is -2.02. The molecule has 4 nitrogen and oxygen atoms in total. The maximum atomic E-state index is 11.3. The standard InChI is InChI=1S/C11H17NO3/c1-9-3-4-10(15-9)5-6-11(14)12-7-2-8-13/h3-4,13H,2,5-8H2,1H3,(H,12,14). The lowest BCUT2D eigenvalue weighted by Crippen LogP contribution is -2.25. The number of carbonyl (C=O) groups excluding carboxylic acids is 1. The van der Waals surface area contributed by atoms with Crippen LogP contribution in [-0.4, -0.2) is 24.2 Å². The summed E-state index contributed by atoms with van der Waals surface area (Å²) in [4.78, 5) is 11.3. The number of nitrogens with one attached hydrogen (secondary N) is 1. The second kappa shape index (κ2) is 6.24. The SMILES string of the molecule is Cc1ccc(CCC(=O)NCCCO)o1. The van der Waals surface area contributed by atoms with Gasteiger partial charge < -0.3 is 14.8 Å². The number of rotatable bonds is 6. The van der Waals surface area contributed by atoms with Gasteiger partial charge in [-0.1, -0.05) is 0 Å². The minimum Gasteiger partial charge on any atom is -0.466 e. The fourth-order valence-electron chi connectivity index (χ4n) is 1.25. The molecule has 1 amide bonds. The van der Waals surface area contributed by atoms with Crippen LogP contribution in [0.2, 0.25) is 0 Å². The Bertz CT molecular complexity index is 307. The number of aryl methyl sites for hydroxylation is 2. The van der Waals surface area contributed by atoms with Gasteiger partial charge in [-0.05, 0) is 25.5 Å². The Kier molecular flexibility index (Phi) is 4.90. The zero-order valence-electron chi connectivity index (χ0n) is 8.95. The number of hydrogen-bond acceptors (Lipinski definition) is 3. The normalized spacial score (nSPS) is 10.3. The van der Waals surface area contributed by atoms with Crippen LogP contribution in [0.25, 0.3) is 0 Å². The molecule has 0 aromatic carbocycles. The zero-order valence-corrected chi connectivity index (χ0v) is 8.95. The predicted molar refractivity (Wildman–Crippen MR) is 56.5 cm³/mol. The van der Waals surface area contributed by atoms with Crippen molar-refractivity contribution in [1.29, 1.82) is 0 Å². The number of hydrogen-bond donors (Lipinski definition) is 2. The van der Waals surface area contributed by atoms with E-state index in [9.17, 15) is 4.79 Å². The first-order chi connectivity index (χ1) is 7.22. The predicted octanol–water partition coefficient (Wildman–Crippen LogP) is 1.02. The maximum absolute atomic E-state index is 11.3. The van der Waals surface area contributed by atoms with E-state index >= 15 is 0 Å². The molecule has 0 aliphatic rings. The Morgan fingerprint density at radius 1 is 1.53 bits per heavy atom. The molecule has 0 saturated heterocycles. The number of aliphatic hydroxyl groups is 1. The van der Waals surface area contributed by atoms with E-state index in [-0.39, 0.29) is 12.5 Å². The van der Waals surface area contributed by atoms with Crippen LogP contribution in [0, 0.1) is 6.92 Å². The molecule has 2 N–H and O–H groups in total. The molecule has 1 rings (SSSR count). The average molecular weight is 211 g/mol. The van der Waals surface area contributed by atoms with Crippen molar-refractivity contribution >= 4 is 5.91 Å². The summed E-state index contributed by atoms with van der Waals surface area (Å²) >= 11 is 0. The second-order valence-corrected chi connectivity index (χ2v) is 3.44. The molecule has 1 aromatic heterocycles. The number of carbonyl (C=O) groups is 1. The van der Waals surface area contributed by atoms with E-state index < -0.39 is 0 Å². The van der Waals surface area contributed by atoms with Crippen molar-refractivity contribution in [2.75, 3.05) is 13.2 Å². The van der Waals surface area contributed by atoms with Gasteiger partial charge in [0.2, 0.25) is 5.91 Å². The minimum absolute atomic E-state index is 0.00231. The third-order valence-electron chi connectivity index (χ3n) is 2.05. The van der Waals surface area contributed by atoms with Gasteiger partial charge in [-0.2, -0.15) is 0 Å². The summed E-state index contributed by atoms with van der Waals surface area (Å²) in [5.41, 5.74) is 0. The van der Waals surface area contributed by atoms with Crippen LogP contribution in [0.4, 0.5) is 0 Å². The summed E-state index contributed by atoms with van der Waals surface area (Å²) in [6.45, 7) is 2.52. The Morgan fingerprint density at radius 3 is 2.93 bits per heavy atom. The van der Waals surface area contributed by atoms with Crippen LogP contribution < -0.4 is 5.32 Å². The zero-order chi connectivity index (χ0) is 11.1. The quantitative estimate of drug-likeness (QED) is 0.690. The molecular formula is C11H17NO3. The van der Waals surface area contributed by atoms with Gasteiger partial charge in [-0.3, -0.25) is 4.79 Å². The highest BCUT2D eigenvalue weighted by atomic mass is 16.3. The summed E-state index contributed by atoms with van der Waals surface area (Å²) in [5.74, 6) is 1.70. The first-order valence-corrected chi connectivity index (χ1v) is 5.15. The lowest BCUT2D eigenvalue weighted by molar-refractivity contribution is -0.121. The molecule has 0 aliphatic heterocycles. The molecule has 0 radical (unpaired) electrons. The van der Waals surface area contributed by atoms with E-state index in [4.69, 9.17) is 9.52 Å². The van der Waals surface area contributed by atoms with Crippen LogP contribution in [-0.2, 0) is 11.2 Å². The van der Waals surface area contributed by atoms with E-state index in [0.717, 1.165) is 11.5 Å². The summed E-state index contributed by atoms with van der Waals surface area (Å²) < 4.78 is 5.34. The van der Waals surface area contributed by atoms with Crippen molar-refractivity contribution in [2.24, 2.45) is 0 Å². The number of aliphatic hydroxyl groups excluding tert-OH is 1. The smallest absolute Gasteiger partial charge is 0.220 e. The molecular weight excluding hydrogens is 194 g/mol. The van der Waals surface area contributed by atoms with Gasteiger partial charge >= 0.3 is 0 Å². The molecule has 0 bridgehead atoms. The Balaban J connectivity index is 2.16. The molecule has 84 valence electrons. The van der Waals surface area contributed by atoms with Crippen molar-refractivity contribution < 1.29 is 14.3 Å². The third kappa shape index (κ3) is 4.65. The highest BCUT2D eigenvalue weighted by Gasteiger charge is 2.03. The van der Waals surface area contributed by atoms with Gasteiger partial charge in [0.1, 0.15) is 11.5 Å². The summed E-state index contributed by atoms with van der Waals surface area (Å²) in [6.07, 6.45) is 1.66. The van der Waals surface area contributed by atoms with E-state index in [1.54, 1.807) is 0 Å². The topological polar surface area (TPSA) is 62.5 Å². The molecule has 0 fully saturated rings. The van der Waals surface area contributed by atoms with E-state index in [0.29, 0.717) is 25.8 Å². The highest BCUT2D eigenvalue weighted by Crippen LogP contribution is 2.08. The van der Waals surface area contributed by atoms with Crippen molar-refractivity contribution in [3.63, 3.8) is 0 Å². The van der Waals surface area contributed by atoms with Gasteiger partial charge in [-0.25, -0.2) is 0 Å². The van der Waals surface area contributed by atoms with Gasteiger partial charge in [0, 0.05) is 26.0 Å².